The van der Waals surface area contributed by atoms with E-state index in [9.17, 15) is 9.18 Å². The van der Waals surface area contributed by atoms with Gasteiger partial charge < -0.3 is 15.0 Å². The minimum absolute atomic E-state index is 0.0703. The summed E-state index contributed by atoms with van der Waals surface area (Å²) in [5, 5.41) is 2.92. The molecule has 0 spiro atoms. The number of nitrogens with zero attached hydrogens (tertiary/aromatic N) is 2. The van der Waals surface area contributed by atoms with E-state index in [1.165, 1.54) is 12.1 Å². The number of carbonyl (C=O) groups excluding carboxylic acids is 1. The van der Waals surface area contributed by atoms with Gasteiger partial charge >= 0.3 is 6.03 Å². The lowest BCUT2D eigenvalue weighted by atomic mass is 10.2. The molecular weight excluding hydrogens is 297 g/mol. The molecule has 0 atom stereocenters. The summed E-state index contributed by atoms with van der Waals surface area (Å²) in [5.41, 5.74) is 0.797. The van der Waals surface area contributed by atoms with Crippen LogP contribution in [0.15, 0.2) is 24.3 Å². The average Bonchev–Trinajstić information content (AvgIpc) is 2.51. The zero-order chi connectivity index (χ0) is 16.7. The topological polar surface area (TPSA) is 44.8 Å². The van der Waals surface area contributed by atoms with Gasteiger partial charge in [-0.15, -0.1) is 0 Å². The van der Waals surface area contributed by atoms with E-state index < -0.39 is 0 Å². The molecule has 2 amide bonds. The highest BCUT2D eigenvalue weighted by Crippen LogP contribution is 2.08. The van der Waals surface area contributed by atoms with Crippen molar-refractivity contribution in [3.05, 3.63) is 35.6 Å². The summed E-state index contributed by atoms with van der Waals surface area (Å²) in [6.45, 7) is 8.92. The van der Waals surface area contributed by atoms with Crippen LogP contribution >= 0.6 is 0 Å². The molecule has 0 unspecified atom stereocenters. The van der Waals surface area contributed by atoms with Gasteiger partial charge in [-0.1, -0.05) is 12.1 Å². The van der Waals surface area contributed by atoms with E-state index in [4.69, 9.17) is 4.74 Å². The molecule has 1 aliphatic heterocycles. The molecule has 1 fully saturated rings. The highest BCUT2D eigenvalue weighted by Gasteiger charge is 2.17. The fourth-order valence-electron chi connectivity index (χ4n) is 2.53. The number of rotatable bonds is 6. The molecule has 0 bridgehead atoms. The zero-order valence-electron chi connectivity index (χ0n) is 13.9. The molecule has 1 saturated heterocycles. The second-order valence-corrected chi connectivity index (χ2v) is 6.11. The molecule has 6 heteroatoms. The highest BCUT2D eigenvalue weighted by atomic mass is 19.1. The monoisotopic (exact) mass is 323 g/mol. The van der Waals surface area contributed by atoms with Crippen molar-refractivity contribution in [1.29, 1.82) is 0 Å². The number of benzene rings is 1. The number of carbonyl (C=O) groups is 1. The Labute approximate surface area is 137 Å². The van der Waals surface area contributed by atoms with Crippen molar-refractivity contribution in [2.24, 2.45) is 0 Å². The molecule has 1 N–H and O–H groups in total. The largest absolute Gasteiger partial charge is 0.379 e. The van der Waals surface area contributed by atoms with Crippen LogP contribution in [0.25, 0.3) is 0 Å². The quantitative estimate of drug-likeness (QED) is 0.872. The lowest BCUT2D eigenvalue weighted by molar-refractivity contribution is 0.0346. The van der Waals surface area contributed by atoms with Crippen LogP contribution in [-0.4, -0.2) is 61.3 Å². The average molecular weight is 323 g/mol. The molecule has 1 aromatic carbocycles. The summed E-state index contributed by atoms with van der Waals surface area (Å²) in [7, 11) is 0. The molecule has 0 saturated carbocycles. The van der Waals surface area contributed by atoms with Crippen molar-refractivity contribution in [3.63, 3.8) is 0 Å². The number of morpholine rings is 1. The number of halogens is 1. The first-order valence-electron chi connectivity index (χ1n) is 8.14. The first-order chi connectivity index (χ1) is 11.0. The minimum atomic E-state index is -0.278. The molecule has 2 rings (SSSR count). The van der Waals surface area contributed by atoms with E-state index >= 15 is 0 Å². The lowest BCUT2D eigenvalue weighted by Gasteiger charge is -2.30. The summed E-state index contributed by atoms with van der Waals surface area (Å²) < 4.78 is 18.7. The molecule has 1 aliphatic rings. The van der Waals surface area contributed by atoms with E-state index in [-0.39, 0.29) is 17.9 Å². The van der Waals surface area contributed by atoms with Crippen LogP contribution in [0.3, 0.4) is 0 Å². The molecule has 0 aromatic heterocycles. The molecule has 128 valence electrons. The van der Waals surface area contributed by atoms with E-state index in [1.54, 1.807) is 11.0 Å². The third kappa shape index (κ3) is 6.15. The van der Waals surface area contributed by atoms with Gasteiger partial charge in [-0.25, -0.2) is 9.18 Å². The Hall–Kier alpha value is -1.66. The van der Waals surface area contributed by atoms with Crippen molar-refractivity contribution in [2.75, 3.05) is 39.4 Å². The maximum absolute atomic E-state index is 13.4. The van der Waals surface area contributed by atoms with Crippen LogP contribution in [0.5, 0.6) is 0 Å². The fourth-order valence-corrected chi connectivity index (χ4v) is 2.53. The van der Waals surface area contributed by atoms with Crippen molar-refractivity contribution >= 4 is 6.03 Å². The molecule has 1 heterocycles. The number of nitrogens with one attached hydrogen (secondary N) is 1. The van der Waals surface area contributed by atoms with Crippen LogP contribution < -0.4 is 5.32 Å². The van der Waals surface area contributed by atoms with Crippen LogP contribution in [0.1, 0.15) is 19.4 Å². The Morgan fingerprint density at radius 3 is 2.78 bits per heavy atom. The molecule has 1 aromatic rings. The van der Waals surface area contributed by atoms with Gasteiger partial charge in [0.05, 0.1) is 13.2 Å². The molecule has 23 heavy (non-hydrogen) atoms. The van der Waals surface area contributed by atoms with Crippen LogP contribution in [0, 0.1) is 5.82 Å². The predicted molar refractivity (Wildman–Crippen MR) is 87.7 cm³/mol. The maximum atomic E-state index is 13.4. The first kappa shape index (κ1) is 17.7. The number of amides is 2. The van der Waals surface area contributed by atoms with Crippen molar-refractivity contribution in [3.8, 4) is 0 Å². The fraction of sp³-hybridized carbons (Fsp3) is 0.588. The van der Waals surface area contributed by atoms with Crippen LogP contribution in [-0.2, 0) is 11.3 Å². The van der Waals surface area contributed by atoms with Gasteiger partial charge in [-0.2, -0.15) is 0 Å². The Balaban J connectivity index is 1.97. The summed E-state index contributed by atoms with van der Waals surface area (Å²) in [6.07, 6.45) is 0. The minimum Gasteiger partial charge on any atom is -0.379 e. The van der Waals surface area contributed by atoms with Gasteiger partial charge in [0.2, 0.25) is 0 Å². The van der Waals surface area contributed by atoms with Gasteiger partial charge in [0.1, 0.15) is 5.82 Å². The Bertz CT molecular complexity index is 504. The van der Waals surface area contributed by atoms with Gasteiger partial charge in [0, 0.05) is 38.8 Å². The first-order valence-corrected chi connectivity index (χ1v) is 8.14. The Morgan fingerprint density at radius 2 is 2.13 bits per heavy atom. The second kappa shape index (κ2) is 8.84. The summed E-state index contributed by atoms with van der Waals surface area (Å²) in [4.78, 5) is 16.4. The smallest absolute Gasteiger partial charge is 0.317 e. The highest BCUT2D eigenvalue weighted by molar-refractivity contribution is 5.74. The van der Waals surface area contributed by atoms with Crippen LogP contribution in [0.2, 0.25) is 0 Å². The zero-order valence-corrected chi connectivity index (χ0v) is 13.9. The molecule has 0 radical (unpaired) electrons. The molecule has 0 aliphatic carbocycles. The van der Waals surface area contributed by atoms with Gasteiger partial charge in [-0.3, -0.25) is 4.90 Å². The van der Waals surface area contributed by atoms with Crippen molar-refractivity contribution < 1.29 is 13.9 Å². The van der Waals surface area contributed by atoms with Crippen LogP contribution in [0.4, 0.5) is 9.18 Å². The Kier molecular flexibility index (Phi) is 6.80. The lowest BCUT2D eigenvalue weighted by Crippen LogP contribution is -2.47. The third-order valence-corrected chi connectivity index (χ3v) is 3.75. The van der Waals surface area contributed by atoms with E-state index in [0.717, 1.165) is 38.4 Å². The Morgan fingerprint density at radius 1 is 1.39 bits per heavy atom. The standard InChI is InChI=1S/C17H26FN3O2/c1-14(2)19-17(22)21(7-6-20-8-10-23-11-9-20)13-15-4-3-5-16(18)12-15/h3-5,12,14H,6-11,13H2,1-2H3,(H,19,22). The SMILES string of the molecule is CC(C)NC(=O)N(CCN1CCOCC1)Cc1cccc(F)c1. The predicted octanol–water partition coefficient (Wildman–Crippen LogP) is 2.08. The van der Waals surface area contributed by atoms with Crippen molar-refractivity contribution in [1.82, 2.24) is 15.1 Å². The number of hydrogen-bond acceptors (Lipinski definition) is 3. The summed E-state index contributed by atoms with van der Waals surface area (Å²) in [5.74, 6) is -0.278. The van der Waals surface area contributed by atoms with Crippen molar-refractivity contribution in [2.45, 2.75) is 26.4 Å². The number of hydrogen-bond donors (Lipinski definition) is 1. The summed E-state index contributed by atoms with van der Waals surface area (Å²) in [6, 6.07) is 6.36. The third-order valence-electron chi connectivity index (χ3n) is 3.75. The van der Waals surface area contributed by atoms with E-state index in [2.05, 4.69) is 10.2 Å². The maximum Gasteiger partial charge on any atom is 0.317 e. The second-order valence-electron chi connectivity index (χ2n) is 6.11. The molecular formula is C17H26FN3O2. The number of urea groups is 1. The normalized spacial score (nSPS) is 15.7. The number of ether oxygens (including phenoxy) is 1. The van der Waals surface area contributed by atoms with E-state index in [0.29, 0.717) is 13.1 Å². The van der Waals surface area contributed by atoms with Gasteiger partial charge in [-0.05, 0) is 31.5 Å². The van der Waals surface area contributed by atoms with Gasteiger partial charge in [0.25, 0.3) is 0 Å². The molecule has 5 nitrogen and oxygen atoms in total. The van der Waals surface area contributed by atoms with Gasteiger partial charge in [0.15, 0.2) is 0 Å². The summed E-state index contributed by atoms with van der Waals surface area (Å²) >= 11 is 0. The van der Waals surface area contributed by atoms with E-state index in [1.807, 2.05) is 19.9 Å².